The topological polar surface area (TPSA) is 30.5 Å². The first kappa shape index (κ1) is 14.6. The van der Waals surface area contributed by atoms with Gasteiger partial charge < -0.3 is 14.8 Å². The first-order valence-electron chi connectivity index (χ1n) is 7.37. The molecule has 1 N–H and O–H groups in total. The molecule has 0 saturated carbocycles. The van der Waals surface area contributed by atoms with E-state index in [9.17, 15) is 0 Å². The lowest BCUT2D eigenvalue weighted by molar-refractivity contribution is -0.0701. The molecule has 2 saturated heterocycles. The predicted molar refractivity (Wildman–Crippen MR) is 77.4 cm³/mol. The SMILES string of the molecule is CCCOCCCNC1CCOC2(CCSC2)C1. The molecule has 2 unspecified atom stereocenters. The third-order valence-electron chi connectivity index (χ3n) is 3.81. The number of hydrogen-bond acceptors (Lipinski definition) is 4. The summed E-state index contributed by atoms with van der Waals surface area (Å²) in [6.45, 7) is 5.96. The highest BCUT2D eigenvalue weighted by atomic mass is 32.2. The summed E-state index contributed by atoms with van der Waals surface area (Å²) in [5, 5.41) is 3.68. The molecule has 0 aromatic carbocycles. The van der Waals surface area contributed by atoms with E-state index in [0.717, 1.165) is 39.2 Å². The number of hydrogen-bond donors (Lipinski definition) is 1. The zero-order valence-corrected chi connectivity index (χ0v) is 12.4. The largest absolute Gasteiger partial charge is 0.381 e. The molecule has 0 radical (unpaired) electrons. The molecule has 2 aliphatic heterocycles. The Bertz CT molecular complexity index is 232. The molecule has 0 amide bonds. The van der Waals surface area contributed by atoms with Crippen molar-refractivity contribution >= 4 is 11.8 Å². The van der Waals surface area contributed by atoms with Crippen molar-refractivity contribution in [2.45, 2.75) is 50.7 Å². The molecule has 18 heavy (non-hydrogen) atoms. The molecule has 2 aliphatic rings. The number of ether oxygens (including phenoxy) is 2. The molecule has 2 heterocycles. The fourth-order valence-corrected chi connectivity index (χ4v) is 4.17. The third kappa shape index (κ3) is 4.41. The van der Waals surface area contributed by atoms with E-state index in [1.165, 1.54) is 30.8 Å². The second-order valence-corrected chi connectivity index (χ2v) is 6.55. The lowest BCUT2D eigenvalue weighted by Crippen LogP contribution is -2.47. The molecule has 0 aliphatic carbocycles. The minimum Gasteiger partial charge on any atom is -0.381 e. The Morgan fingerprint density at radius 3 is 3.17 bits per heavy atom. The second kappa shape index (κ2) is 7.73. The molecule has 0 aromatic rings. The van der Waals surface area contributed by atoms with Gasteiger partial charge in [-0.15, -0.1) is 0 Å². The average molecular weight is 273 g/mol. The monoisotopic (exact) mass is 273 g/mol. The van der Waals surface area contributed by atoms with E-state index in [4.69, 9.17) is 9.47 Å². The molecule has 106 valence electrons. The Balaban J connectivity index is 1.58. The van der Waals surface area contributed by atoms with E-state index in [1.807, 2.05) is 11.8 Å². The maximum Gasteiger partial charge on any atom is 0.0795 e. The van der Waals surface area contributed by atoms with Gasteiger partial charge in [0.15, 0.2) is 0 Å². The van der Waals surface area contributed by atoms with Gasteiger partial charge in [0.05, 0.1) is 5.60 Å². The Labute approximate surface area is 115 Å². The zero-order valence-electron chi connectivity index (χ0n) is 11.6. The van der Waals surface area contributed by atoms with Crippen LogP contribution >= 0.6 is 11.8 Å². The highest BCUT2D eigenvalue weighted by molar-refractivity contribution is 7.99. The minimum atomic E-state index is 0.208. The summed E-state index contributed by atoms with van der Waals surface area (Å²) in [7, 11) is 0. The lowest BCUT2D eigenvalue weighted by Gasteiger charge is -2.38. The van der Waals surface area contributed by atoms with Gasteiger partial charge >= 0.3 is 0 Å². The summed E-state index contributed by atoms with van der Waals surface area (Å²) >= 11 is 2.05. The Morgan fingerprint density at radius 2 is 2.39 bits per heavy atom. The molecular formula is C14H27NO2S. The van der Waals surface area contributed by atoms with Gasteiger partial charge in [0.2, 0.25) is 0 Å². The van der Waals surface area contributed by atoms with Crippen LogP contribution in [0.3, 0.4) is 0 Å². The van der Waals surface area contributed by atoms with Crippen LogP contribution in [0.15, 0.2) is 0 Å². The van der Waals surface area contributed by atoms with Gasteiger partial charge in [-0.05, 0) is 44.4 Å². The maximum absolute atomic E-state index is 6.03. The van der Waals surface area contributed by atoms with Crippen LogP contribution in [-0.2, 0) is 9.47 Å². The number of thioether (sulfide) groups is 1. The Hall–Kier alpha value is 0.230. The van der Waals surface area contributed by atoms with Crippen molar-refractivity contribution in [3.05, 3.63) is 0 Å². The van der Waals surface area contributed by atoms with Gasteiger partial charge in [-0.25, -0.2) is 0 Å². The lowest BCUT2D eigenvalue weighted by atomic mass is 9.90. The van der Waals surface area contributed by atoms with Crippen LogP contribution in [-0.4, -0.2) is 49.5 Å². The highest BCUT2D eigenvalue weighted by Crippen LogP contribution is 2.38. The molecule has 3 nitrogen and oxygen atoms in total. The predicted octanol–water partition coefficient (Wildman–Crippen LogP) is 2.45. The van der Waals surface area contributed by atoms with Crippen molar-refractivity contribution < 1.29 is 9.47 Å². The van der Waals surface area contributed by atoms with Crippen LogP contribution in [0.2, 0.25) is 0 Å². The second-order valence-electron chi connectivity index (χ2n) is 5.44. The van der Waals surface area contributed by atoms with Gasteiger partial charge in [-0.3, -0.25) is 0 Å². The molecule has 2 atom stereocenters. The molecular weight excluding hydrogens is 246 g/mol. The molecule has 2 fully saturated rings. The van der Waals surface area contributed by atoms with Gasteiger partial charge in [0.25, 0.3) is 0 Å². The van der Waals surface area contributed by atoms with Gasteiger partial charge in [-0.1, -0.05) is 6.92 Å². The zero-order chi connectivity index (χ0) is 12.7. The van der Waals surface area contributed by atoms with E-state index in [1.54, 1.807) is 0 Å². The Morgan fingerprint density at radius 1 is 1.44 bits per heavy atom. The standard InChI is InChI=1S/C14H27NO2S/c1-2-7-16-8-3-6-15-13-4-9-17-14(11-13)5-10-18-12-14/h13,15H,2-12H2,1H3. The number of rotatable bonds is 7. The van der Waals surface area contributed by atoms with Crippen LogP contribution < -0.4 is 5.32 Å². The first-order valence-corrected chi connectivity index (χ1v) is 8.53. The Kier molecular flexibility index (Phi) is 6.29. The van der Waals surface area contributed by atoms with Crippen LogP contribution in [0.5, 0.6) is 0 Å². The summed E-state index contributed by atoms with van der Waals surface area (Å²) in [5.41, 5.74) is 0.208. The van der Waals surface area contributed by atoms with Crippen molar-refractivity contribution in [2.75, 3.05) is 37.9 Å². The van der Waals surface area contributed by atoms with E-state index in [0.29, 0.717) is 6.04 Å². The fourth-order valence-electron chi connectivity index (χ4n) is 2.79. The quantitative estimate of drug-likeness (QED) is 0.722. The van der Waals surface area contributed by atoms with Crippen LogP contribution in [0.1, 0.15) is 39.0 Å². The normalized spacial score (nSPS) is 32.2. The maximum atomic E-state index is 6.03. The molecule has 0 bridgehead atoms. The van der Waals surface area contributed by atoms with Crippen LogP contribution in [0.25, 0.3) is 0 Å². The first-order chi connectivity index (χ1) is 8.85. The summed E-state index contributed by atoms with van der Waals surface area (Å²) in [6, 6.07) is 0.656. The summed E-state index contributed by atoms with van der Waals surface area (Å²) in [4.78, 5) is 0. The molecule has 0 aromatic heterocycles. The van der Waals surface area contributed by atoms with Crippen molar-refractivity contribution in [1.82, 2.24) is 5.32 Å². The number of nitrogens with one attached hydrogen (secondary N) is 1. The molecule has 2 rings (SSSR count). The van der Waals surface area contributed by atoms with E-state index < -0.39 is 0 Å². The van der Waals surface area contributed by atoms with Crippen LogP contribution in [0.4, 0.5) is 0 Å². The van der Waals surface area contributed by atoms with Gasteiger partial charge in [0.1, 0.15) is 0 Å². The molecule has 1 spiro atoms. The minimum absolute atomic E-state index is 0.208. The van der Waals surface area contributed by atoms with Crippen LogP contribution in [0, 0.1) is 0 Å². The third-order valence-corrected chi connectivity index (χ3v) is 5.03. The van der Waals surface area contributed by atoms with Crippen molar-refractivity contribution in [3.63, 3.8) is 0 Å². The van der Waals surface area contributed by atoms with E-state index >= 15 is 0 Å². The van der Waals surface area contributed by atoms with E-state index in [2.05, 4.69) is 12.2 Å². The van der Waals surface area contributed by atoms with Crippen molar-refractivity contribution in [2.24, 2.45) is 0 Å². The highest BCUT2D eigenvalue weighted by Gasteiger charge is 2.40. The van der Waals surface area contributed by atoms with Gasteiger partial charge in [0, 0.05) is 31.6 Å². The molecule has 4 heteroatoms. The summed E-state index contributed by atoms with van der Waals surface area (Å²) < 4.78 is 11.5. The summed E-state index contributed by atoms with van der Waals surface area (Å²) in [5.74, 6) is 2.47. The van der Waals surface area contributed by atoms with Crippen molar-refractivity contribution in [1.29, 1.82) is 0 Å². The fraction of sp³-hybridized carbons (Fsp3) is 1.00. The average Bonchev–Trinajstić information content (AvgIpc) is 2.82. The van der Waals surface area contributed by atoms with E-state index in [-0.39, 0.29) is 5.60 Å². The van der Waals surface area contributed by atoms with Crippen molar-refractivity contribution in [3.8, 4) is 0 Å². The summed E-state index contributed by atoms with van der Waals surface area (Å²) in [6.07, 6.45) is 5.86. The van der Waals surface area contributed by atoms with Gasteiger partial charge in [-0.2, -0.15) is 11.8 Å². The smallest absolute Gasteiger partial charge is 0.0795 e.